The highest BCUT2D eigenvalue weighted by molar-refractivity contribution is 7.99. The van der Waals surface area contributed by atoms with Gasteiger partial charge in [0.25, 0.3) is 0 Å². The third-order valence-corrected chi connectivity index (χ3v) is 3.73. The van der Waals surface area contributed by atoms with E-state index in [0.29, 0.717) is 11.3 Å². The maximum atomic E-state index is 3.53. The van der Waals surface area contributed by atoms with E-state index in [0.717, 1.165) is 0 Å². The molecule has 0 bridgehead atoms. The monoisotopic (exact) mass is 221 g/mol. The van der Waals surface area contributed by atoms with Crippen molar-refractivity contribution >= 4 is 11.8 Å². The number of rotatable bonds is 3. The third-order valence-electron chi connectivity index (χ3n) is 2.71. The number of benzene rings is 1. The summed E-state index contributed by atoms with van der Waals surface area (Å²) in [6, 6.07) is 9.64. The zero-order valence-corrected chi connectivity index (χ0v) is 10.3. The van der Waals surface area contributed by atoms with Crippen LogP contribution in [0.3, 0.4) is 0 Å². The predicted octanol–water partition coefficient (Wildman–Crippen LogP) is 3.61. The largest absolute Gasteiger partial charge is 0.310 e. The van der Waals surface area contributed by atoms with Crippen LogP contribution in [0.25, 0.3) is 0 Å². The van der Waals surface area contributed by atoms with Gasteiger partial charge in [-0.2, -0.15) is 0 Å². The quantitative estimate of drug-likeness (QED) is 0.783. The Balaban J connectivity index is 2.03. The smallest absolute Gasteiger partial charge is 0.0320 e. The first-order valence-corrected chi connectivity index (χ1v) is 6.63. The Kier molecular flexibility index (Phi) is 3.71. The Labute approximate surface area is 96.7 Å². The molecule has 82 valence electrons. The second-order valence-corrected chi connectivity index (χ2v) is 6.03. The summed E-state index contributed by atoms with van der Waals surface area (Å²) in [5, 5.41) is 4.19. The zero-order chi connectivity index (χ0) is 10.7. The summed E-state index contributed by atoms with van der Waals surface area (Å²) in [5.41, 5.74) is 1.45. The van der Waals surface area contributed by atoms with Crippen LogP contribution in [0.5, 0.6) is 0 Å². The van der Waals surface area contributed by atoms with Crippen molar-refractivity contribution in [3.63, 3.8) is 0 Å². The lowest BCUT2D eigenvalue weighted by molar-refractivity contribution is 0.647. The molecule has 1 N–H and O–H groups in total. The Bertz CT molecular complexity index is 299. The van der Waals surface area contributed by atoms with Gasteiger partial charge in [-0.1, -0.05) is 26.0 Å². The van der Waals surface area contributed by atoms with Crippen LogP contribution < -0.4 is 5.32 Å². The third kappa shape index (κ3) is 2.99. The standard InChI is InChI=1S/C13H19NS/c1-10(2)15-12-7-5-11(6-8-12)13-4-3-9-14-13/h5-8,10,13-14H,3-4,9H2,1-2H3. The SMILES string of the molecule is CC(C)Sc1ccc(C2CCCN2)cc1. The van der Waals surface area contributed by atoms with Gasteiger partial charge in [-0.15, -0.1) is 11.8 Å². The van der Waals surface area contributed by atoms with E-state index in [1.165, 1.54) is 29.8 Å². The van der Waals surface area contributed by atoms with Gasteiger partial charge < -0.3 is 5.32 Å². The number of hydrogen-bond donors (Lipinski definition) is 1. The molecular weight excluding hydrogens is 202 g/mol. The van der Waals surface area contributed by atoms with Crippen LogP contribution in [-0.4, -0.2) is 11.8 Å². The second kappa shape index (κ2) is 5.04. The maximum absolute atomic E-state index is 3.53. The highest BCUT2D eigenvalue weighted by Crippen LogP contribution is 2.27. The Hall–Kier alpha value is -0.470. The van der Waals surface area contributed by atoms with Crippen LogP contribution in [0, 0.1) is 0 Å². The van der Waals surface area contributed by atoms with Crippen LogP contribution in [0.15, 0.2) is 29.2 Å². The molecule has 0 aliphatic carbocycles. The summed E-state index contributed by atoms with van der Waals surface area (Å²) in [5.74, 6) is 0. The molecule has 1 aromatic rings. The Morgan fingerprint density at radius 1 is 1.27 bits per heavy atom. The Morgan fingerprint density at radius 3 is 2.53 bits per heavy atom. The Morgan fingerprint density at radius 2 is 2.00 bits per heavy atom. The molecular formula is C13H19NS. The topological polar surface area (TPSA) is 12.0 Å². The van der Waals surface area contributed by atoms with E-state index in [1.54, 1.807) is 0 Å². The number of thioether (sulfide) groups is 1. The fraction of sp³-hybridized carbons (Fsp3) is 0.538. The minimum absolute atomic E-state index is 0.600. The van der Waals surface area contributed by atoms with Crippen molar-refractivity contribution in [2.24, 2.45) is 0 Å². The van der Waals surface area contributed by atoms with E-state index in [1.807, 2.05) is 11.8 Å². The van der Waals surface area contributed by atoms with E-state index >= 15 is 0 Å². The highest BCUT2D eigenvalue weighted by atomic mass is 32.2. The minimum atomic E-state index is 0.600. The van der Waals surface area contributed by atoms with E-state index in [2.05, 4.69) is 43.4 Å². The average Bonchev–Trinajstić information content (AvgIpc) is 2.71. The number of nitrogens with one attached hydrogen (secondary N) is 1. The lowest BCUT2D eigenvalue weighted by atomic mass is 10.1. The maximum Gasteiger partial charge on any atom is 0.0320 e. The van der Waals surface area contributed by atoms with Gasteiger partial charge in [0.15, 0.2) is 0 Å². The molecule has 1 aliphatic rings. The molecule has 1 atom stereocenters. The first kappa shape index (κ1) is 11.0. The van der Waals surface area contributed by atoms with Gasteiger partial charge >= 0.3 is 0 Å². The van der Waals surface area contributed by atoms with Gasteiger partial charge in [0.1, 0.15) is 0 Å². The van der Waals surface area contributed by atoms with Gasteiger partial charge in [-0.05, 0) is 37.1 Å². The van der Waals surface area contributed by atoms with Crippen molar-refractivity contribution in [2.75, 3.05) is 6.54 Å². The first-order chi connectivity index (χ1) is 7.25. The van der Waals surface area contributed by atoms with Crippen molar-refractivity contribution in [3.05, 3.63) is 29.8 Å². The van der Waals surface area contributed by atoms with Gasteiger partial charge in [0.2, 0.25) is 0 Å². The zero-order valence-electron chi connectivity index (χ0n) is 9.49. The van der Waals surface area contributed by atoms with E-state index in [9.17, 15) is 0 Å². The lowest BCUT2D eigenvalue weighted by Gasteiger charge is -2.11. The van der Waals surface area contributed by atoms with Crippen molar-refractivity contribution in [3.8, 4) is 0 Å². The van der Waals surface area contributed by atoms with Crippen molar-refractivity contribution in [2.45, 2.75) is 42.9 Å². The van der Waals surface area contributed by atoms with Gasteiger partial charge in [0.05, 0.1) is 0 Å². The molecule has 2 rings (SSSR count). The van der Waals surface area contributed by atoms with Gasteiger partial charge in [-0.25, -0.2) is 0 Å². The molecule has 1 heterocycles. The van der Waals surface area contributed by atoms with Crippen LogP contribution in [-0.2, 0) is 0 Å². The van der Waals surface area contributed by atoms with Gasteiger partial charge in [0, 0.05) is 16.2 Å². The fourth-order valence-corrected chi connectivity index (χ4v) is 2.86. The normalized spacial score (nSPS) is 21.1. The van der Waals surface area contributed by atoms with Gasteiger partial charge in [-0.3, -0.25) is 0 Å². The molecule has 2 heteroatoms. The predicted molar refractivity (Wildman–Crippen MR) is 67.4 cm³/mol. The van der Waals surface area contributed by atoms with Crippen LogP contribution in [0.2, 0.25) is 0 Å². The molecule has 0 aromatic heterocycles. The molecule has 0 spiro atoms. The van der Waals surface area contributed by atoms with Crippen molar-refractivity contribution in [1.29, 1.82) is 0 Å². The molecule has 1 unspecified atom stereocenters. The summed E-state index contributed by atoms with van der Waals surface area (Å²) in [4.78, 5) is 1.38. The molecule has 1 nitrogen and oxygen atoms in total. The summed E-state index contributed by atoms with van der Waals surface area (Å²) in [6.45, 7) is 5.64. The van der Waals surface area contributed by atoms with Crippen molar-refractivity contribution < 1.29 is 0 Å². The molecule has 1 fully saturated rings. The molecule has 1 aliphatic heterocycles. The van der Waals surface area contributed by atoms with Crippen LogP contribution >= 0.6 is 11.8 Å². The van der Waals surface area contributed by atoms with Crippen molar-refractivity contribution in [1.82, 2.24) is 5.32 Å². The summed E-state index contributed by atoms with van der Waals surface area (Å²) < 4.78 is 0. The van der Waals surface area contributed by atoms with E-state index in [4.69, 9.17) is 0 Å². The summed E-state index contributed by atoms with van der Waals surface area (Å²) >= 11 is 1.93. The molecule has 1 aromatic carbocycles. The van der Waals surface area contributed by atoms with Crippen LogP contribution in [0.1, 0.15) is 38.3 Å². The van der Waals surface area contributed by atoms with E-state index < -0.39 is 0 Å². The average molecular weight is 221 g/mol. The fourth-order valence-electron chi connectivity index (χ4n) is 2.02. The lowest BCUT2D eigenvalue weighted by Crippen LogP contribution is -2.12. The highest BCUT2D eigenvalue weighted by Gasteiger charge is 2.15. The van der Waals surface area contributed by atoms with E-state index in [-0.39, 0.29) is 0 Å². The van der Waals surface area contributed by atoms with Crippen LogP contribution in [0.4, 0.5) is 0 Å². The minimum Gasteiger partial charge on any atom is -0.310 e. The number of hydrogen-bond acceptors (Lipinski definition) is 2. The summed E-state index contributed by atoms with van der Waals surface area (Å²) in [7, 11) is 0. The molecule has 0 amide bonds. The first-order valence-electron chi connectivity index (χ1n) is 5.76. The summed E-state index contributed by atoms with van der Waals surface area (Å²) in [6.07, 6.45) is 2.60. The molecule has 1 saturated heterocycles. The molecule has 0 radical (unpaired) electrons. The molecule has 15 heavy (non-hydrogen) atoms. The molecule has 0 saturated carbocycles. The second-order valence-electron chi connectivity index (χ2n) is 4.38.